The van der Waals surface area contributed by atoms with Crippen LogP contribution in [-0.2, 0) is 0 Å². The Hall–Kier alpha value is -2.46. The van der Waals surface area contributed by atoms with Gasteiger partial charge in [0, 0.05) is 36.1 Å². The largest absolute Gasteiger partial charge is 0.372 e. The van der Waals surface area contributed by atoms with Gasteiger partial charge in [0.2, 0.25) is 0 Å². The van der Waals surface area contributed by atoms with Crippen molar-refractivity contribution in [1.29, 1.82) is 0 Å². The molecule has 0 fully saturated rings. The van der Waals surface area contributed by atoms with Crippen LogP contribution in [0.1, 0.15) is 46.5 Å². The number of fused-ring (bicyclic) bond motifs is 4. The molecule has 0 aromatic heterocycles. The number of unbranched alkanes of at least 4 members (excludes halogenated alkanes) is 3. The highest BCUT2D eigenvalue weighted by atomic mass is 32.1. The van der Waals surface area contributed by atoms with Crippen molar-refractivity contribution in [1.82, 2.24) is 4.98 Å². The second-order valence-corrected chi connectivity index (χ2v) is 8.85. The zero-order valence-corrected chi connectivity index (χ0v) is 19.1. The molecular weight excluding hydrogens is 386 g/mol. The van der Waals surface area contributed by atoms with Crippen molar-refractivity contribution in [3.05, 3.63) is 53.9 Å². The molecule has 0 bridgehead atoms. The molecule has 0 saturated carbocycles. The van der Waals surface area contributed by atoms with E-state index >= 15 is 0 Å². The Morgan fingerprint density at radius 1 is 0.900 bits per heavy atom. The topological polar surface area (TPSA) is 28.5 Å². The number of aromatic nitrogens is 1. The lowest BCUT2D eigenvalue weighted by molar-refractivity contribution is 0.671. The fourth-order valence-corrected chi connectivity index (χ4v) is 5.14. The number of hydrogen-bond acceptors (Lipinski definition) is 4. The summed E-state index contributed by atoms with van der Waals surface area (Å²) < 4.78 is 1.23. The molecule has 30 heavy (non-hydrogen) atoms. The molecule has 4 rings (SSSR count). The van der Waals surface area contributed by atoms with Crippen molar-refractivity contribution in [2.45, 2.75) is 46.5 Å². The molecule has 1 aliphatic heterocycles. The second-order valence-electron chi connectivity index (χ2n) is 7.77. The van der Waals surface area contributed by atoms with E-state index in [1.54, 1.807) is 0 Å². The third-order valence-corrected chi connectivity index (χ3v) is 6.86. The lowest BCUT2D eigenvalue weighted by Crippen LogP contribution is -2.21. The predicted octanol–water partition coefficient (Wildman–Crippen LogP) is 6.88. The van der Waals surface area contributed by atoms with E-state index in [2.05, 4.69) is 74.2 Å². The SMILES string of the molecule is CCCCCCN=c1cc2sc3cc(N(CC)CC)ccc3nc-2c2ccccc12. The van der Waals surface area contributed by atoms with Gasteiger partial charge in [-0.15, -0.1) is 11.3 Å². The number of benzene rings is 3. The van der Waals surface area contributed by atoms with Gasteiger partial charge in [-0.1, -0.05) is 50.5 Å². The molecule has 0 unspecified atom stereocenters. The molecule has 2 aliphatic rings. The average Bonchev–Trinajstić information content (AvgIpc) is 2.78. The van der Waals surface area contributed by atoms with Crippen LogP contribution in [0.5, 0.6) is 0 Å². The summed E-state index contributed by atoms with van der Waals surface area (Å²) in [6, 6.07) is 17.5. The van der Waals surface area contributed by atoms with E-state index < -0.39 is 0 Å². The normalized spacial score (nSPS) is 12.3. The molecule has 0 saturated heterocycles. The zero-order chi connectivity index (χ0) is 20.9. The van der Waals surface area contributed by atoms with Crippen molar-refractivity contribution in [3.63, 3.8) is 0 Å². The second kappa shape index (κ2) is 9.57. The molecule has 2 aromatic rings. The van der Waals surface area contributed by atoms with Gasteiger partial charge in [0.1, 0.15) is 0 Å². The van der Waals surface area contributed by atoms with Crippen molar-refractivity contribution >= 4 is 38.0 Å². The predicted molar refractivity (Wildman–Crippen MR) is 132 cm³/mol. The van der Waals surface area contributed by atoms with Crippen molar-refractivity contribution in [3.8, 4) is 10.6 Å². The summed E-state index contributed by atoms with van der Waals surface area (Å²) >= 11 is 1.83. The van der Waals surface area contributed by atoms with E-state index in [-0.39, 0.29) is 0 Å². The van der Waals surface area contributed by atoms with E-state index in [4.69, 9.17) is 9.98 Å². The first-order valence-electron chi connectivity index (χ1n) is 11.3. The Kier molecular flexibility index (Phi) is 6.63. The van der Waals surface area contributed by atoms with Gasteiger partial charge in [-0.25, -0.2) is 4.98 Å². The lowest BCUT2D eigenvalue weighted by atomic mass is 10.1. The highest BCUT2D eigenvalue weighted by Gasteiger charge is 2.14. The Balaban J connectivity index is 1.85. The summed E-state index contributed by atoms with van der Waals surface area (Å²) in [4.78, 5) is 13.6. The van der Waals surface area contributed by atoms with Gasteiger partial charge in [-0.3, -0.25) is 4.99 Å². The number of nitrogens with zero attached hydrogens (tertiary/aromatic N) is 3. The average molecular weight is 418 g/mol. The van der Waals surface area contributed by atoms with Crippen LogP contribution >= 0.6 is 11.3 Å². The first-order chi connectivity index (χ1) is 14.7. The van der Waals surface area contributed by atoms with Crippen molar-refractivity contribution in [2.75, 3.05) is 24.5 Å². The van der Waals surface area contributed by atoms with Gasteiger partial charge in [0.15, 0.2) is 0 Å². The quantitative estimate of drug-likeness (QED) is 0.177. The third-order valence-electron chi connectivity index (χ3n) is 5.78. The van der Waals surface area contributed by atoms with Crippen LogP contribution in [0.25, 0.3) is 31.6 Å². The summed E-state index contributed by atoms with van der Waals surface area (Å²) in [5.74, 6) is 0. The van der Waals surface area contributed by atoms with Crippen molar-refractivity contribution < 1.29 is 0 Å². The van der Waals surface area contributed by atoms with Gasteiger partial charge in [-0.05, 0) is 44.5 Å². The van der Waals surface area contributed by atoms with Gasteiger partial charge < -0.3 is 4.90 Å². The fourth-order valence-electron chi connectivity index (χ4n) is 4.08. The maximum absolute atomic E-state index is 5.07. The molecule has 2 aromatic carbocycles. The molecule has 1 aliphatic carbocycles. The first-order valence-corrected chi connectivity index (χ1v) is 12.1. The summed E-state index contributed by atoms with van der Waals surface area (Å²) in [6.07, 6.45) is 4.97. The maximum Gasteiger partial charge on any atom is 0.0889 e. The van der Waals surface area contributed by atoms with E-state index in [1.165, 1.54) is 45.3 Å². The minimum absolute atomic E-state index is 0.896. The standard InChI is InChI=1S/C26H31N3S/c1-4-7-8-11-16-27-23-18-25-26(21-13-10-9-12-20(21)23)28-22-15-14-19(17-24(22)30-25)29(5-2)6-3/h9-10,12-15,17-18H,4-8,11,16H2,1-3H3. The first kappa shape index (κ1) is 20.8. The minimum Gasteiger partial charge on any atom is -0.372 e. The molecule has 0 radical (unpaired) electrons. The lowest BCUT2D eigenvalue weighted by Gasteiger charge is -2.21. The smallest absolute Gasteiger partial charge is 0.0889 e. The van der Waals surface area contributed by atoms with Crippen LogP contribution in [0.2, 0.25) is 0 Å². The van der Waals surface area contributed by atoms with E-state index in [0.717, 1.165) is 42.6 Å². The zero-order valence-electron chi connectivity index (χ0n) is 18.3. The van der Waals surface area contributed by atoms with Crippen LogP contribution in [0.15, 0.2) is 53.5 Å². The molecule has 4 heteroatoms. The fraction of sp³-hybridized carbons (Fsp3) is 0.385. The summed E-state index contributed by atoms with van der Waals surface area (Å²) in [5.41, 5.74) is 3.42. The van der Waals surface area contributed by atoms with E-state index in [1.807, 2.05) is 11.3 Å². The van der Waals surface area contributed by atoms with Gasteiger partial charge in [-0.2, -0.15) is 0 Å². The summed E-state index contributed by atoms with van der Waals surface area (Å²) in [7, 11) is 0. The van der Waals surface area contributed by atoms with Crippen LogP contribution in [0.3, 0.4) is 0 Å². The number of rotatable bonds is 8. The Labute approximate surface area is 183 Å². The number of anilines is 1. The molecule has 0 atom stereocenters. The highest BCUT2D eigenvalue weighted by Crippen LogP contribution is 2.35. The Morgan fingerprint density at radius 3 is 2.47 bits per heavy atom. The maximum atomic E-state index is 5.07. The van der Waals surface area contributed by atoms with Crippen molar-refractivity contribution in [2.24, 2.45) is 4.99 Å². The van der Waals surface area contributed by atoms with Crippen LogP contribution < -0.4 is 10.3 Å². The summed E-state index contributed by atoms with van der Waals surface area (Å²) in [6.45, 7) is 9.58. The number of hydrogen-bond donors (Lipinski definition) is 0. The third kappa shape index (κ3) is 4.20. The Morgan fingerprint density at radius 2 is 1.70 bits per heavy atom. The van der Waals surface area contributed by atoms with Crippen LogP contribution in [0, 0.1) is 0 Å². The Bertz CT molecular complexity index is 1170. The minimum atomic E-state index is 0.896. The van der Waals surface area contributed by atoms with E-state index in [9.17, 15) is 0 Å². The van der Waals surface area contributed by atoms with Crippen LogP contribution in [-0.4, -0.2) is 24.6 Å². The van der Waals surface area contributed by atoms with Gasteiger partial charge in [0.25, 0.3) is 0 Å². The molecule has 1 heterocycles. The van der Waals surface area contributed by atoms with Crippen LogP contribution in [0.4, 0.5) is 5.69 Å². The van der Waals surface area contributed by atoms with E-state index in [0.29, 0.717) is 0 Å². The molecule has 156 valence electrons. The highest BCUT2D eigenvalue weighted by molar-refractivity contribution is 7.21. The molecule has 0 amide bonds. The molecule has 0 N–H and O–H groups in total. The monoisotopic (exact) mass is 417 g/mol. The summed E-state index contributed by atoms with van der Waals surface area (Å²) in [5, 5.41) is 3.51. The van der Waals surface area contributed by atoms with Gasteiger partial charge in [0.05, 0.1) is 26.1 Å². The molecule has 3 nitrogen and oxygen atoms in total. The molecule has 0 spiro atoms. The van der Waals surface area contributed by atoms with Gasteiger partial charge >= 0.3 is 0 Å². The molecular formula is C26H31N3S.